The average Bonchev–Trinajstić information content (AvgIpc) is 2.62. The third-order valence-electron chi connectivity index (χ3n) is 3.78. The second-order valence-electron chi connectivity index (χ2n) is 5.41. The first-order chi connectivity index (χ1) is 11.7. The van der Waals surface area contributed by atoms with Gasteiger partial charge in [-0.15, -0.1) is 0 Å². The summed E-state index contributed by atoms with van der Waals surface area (Å²) in [5.74, 6) is 0.908. The summed E-state index contributed by atoms with van der Waals surface area (Å²) in [4.78, 5) is 12.4. The van der Waals surface area contributed by atoms with Gasteiger partial charge in [0.2, 0.25) is 0 Å². The minimum Gasteiger partial charge on any atom is -0.462 e. The van der Waals surface area contributed by atoms with Crippen molar-refractivity contribution in [1.29, 1.82) is 0 Å². The van der Waals surface area contributed by atoms with E-state index >= 15 is 0 Å². The lowest BCUT2D eigenvalue weighted by molar-refractivity contribution is 0.0523. The zero-order valence-corrected chi connectivity index (χ0v) is 13.8. The fraction of sp³-hybridized carbons (Fsp3) is 0.143. The Balaban J connectivity index is 2.21. The van der Waals surface area contributed by atoms with Crippen LogP contribution in [0.1, 0.15) is 23.0 Å². The van der Waals surface area contributed by atoms with Crippen LogP contribution in [0, 0.1) is 6.92 Å². The number of hydrogen-bond acceptors (Lipinski definition) is 2. The number of ether oxygens (including phenoxy) is 1. The van der Waals surface area contributed by atoms with Crippen molar-refractivity contribution < 1.29 is 13.9 Å². The van der Waals surface area contributed by atoms with Crippen LogP contribution in [-0.2, 0) is 4.74 Å². The Hall–Kier alpha value is -2.94. The summed E-state index contributed by atoms with van der Waals surface area (Å²) in [6.45, 7) is 3.92. The molecule has 0 bridgehead atoms. The van der Waals surface area contributed by atoms with Gasteiger partial charge in [0.15, 0.2) is 5.56 Å². The third-order valence-corrected chi connectivity index (χ3v) is 3.78. The van der Waals surface area contributed by atoms with Gasteiger partial charge in [0.05, 0.1) is 25.2 Å². The summed E-state index contributed by atoms with van der Waals surface area (Å²) in [6.07, 6.45) is 0. The van der Waals surface area contributed by atoms with Crippen molar-refractivity contribution in [3.05, 3.63) is 78.1 Å². The van der Waals surface area contributed by atoms with Crippen molar-refractivity contribution in [2.75, 3.05) is 6.61 Å². The van der Waals surface area contributed by atoms with Crippen LogP contribution in [0.3, 0.4) is 0 Å². The van der Waals surface area contributed by atoms with E-state index < -0.39 is 0 Å². The molecule has 0 aliphatic rings. The van der Waals surface area contributed by atoms with E-state index in [1.807, 2.05) is 66.7 Å². The van der Waals surface area contributed by atoms with E-state index in [-0.39, 0.29) is 5.97 Å². The maximum atomic E-state index is 12.4. The molecule has 0 N–H and O–H groups in total. The van der Waals surface area contributed by atoms with Gasteiger partial charge in [-0.25, -0.2) is 9.21 Å². The van der Waals surface area contributed by atoms with Crippen molar-refractivity contribution >= 4 is 5.97 Å². The van der Waals surface area contributed by atoms with Crippen molar-refractivity contribution in [3.63, 3.8) is 0 Å². The topological polar surface area (TPSA) is 37.6 Å². The van der Waals surface area contributed by atoms with Gasteiger partial charge in [-0.1, -0.05) is 48.5 Å². The number of benzene rings is 2. The number of rotatable bonds is 4. The molecule has 0 atom stereocenters. The van der Waals surface area contributed by atoms with Crippen LogP contribution in [0.2, 0.25) is 0 Å². The standard InChI is InChI=1S/C21H19O3/c1-3-23-21(22)20-15(2)24-19(17-12-8-5-9-13-17)14-18(20)16-10-6-4-7-11-16/h4-14H,3H2,1-2H3/q+1. The van der Waals surface area contributed by atoms with Crippen LogP contribution in [0.5, 0.6) is 0 Å². The monoisotopic (exact) mass is 319 g/mol. The van der Waals surface area contributed by atoms with E-state index in [2.05, 4.69) is 0 Å². The molecular formula is C21H19O3+. The fourth-order valence-electron chi connectivity index (χ4n) is 2.69. The van der Waals surface area contributed by atoms with Gasteiger partial charge in [0.1, 0.15) is 0 Å². The Morgan fingerprint density at radius 3 is 2.12 bits per heavy atom. The van der Waals surface area contributed by atoms with E-state index in [0.717, 1.165) is 22.5 Å². The van der Waals surface area contributed by atoms with Gasteiger partial charge in [-0.3, -0.25) is 0 Å². The van der Waals surface area contributed by atoms with Crippen LogP contribution < -0.4 is 0 Å². The second-order valence-corrected chi connectivity index (χ2v) is 5.41. The first-order valence-corrected chi connectivity index (χ1v) is 7.96. The van der Waals surface area contributed by atoms with Gasteiger partial charge < -0.3 is 4.74 Å². The minimum absolute atomic E-state index is 0.326. The highest BCUT2D eigenvalue weighted by atomic mass is 16.5. The molecule has 3 nitrogen and oxygen atoms in total. The molecule has 0 saturated heterocycles. The van der Waals surface area contributed by atoms with Crippen LogP contribution >= 0.6 is 0 Å². The van der Waals surface area contributed by atoms with E-state index in [4.69, 9.17) is 9.15 Å². The molecule has 0 aliphatic carbocycles. The molecule has 120 valence electrons. The van der Waals surface area contributed by atoms with E-state index in [9.17, 15) is 4.79 Å². The lowest BCUT2D eigenvalue weighted by Gasteiger charge is -2.08. The highest BCUT2D eigenvalue weighted by Crippen LogP contribution is 2.32. The summed E-state index contributed by atoms with van der Waals surface area (Å²) in [7, 11) is 0. The number of carbonyl (C=O) groups is 1. The van der Waals surface area contributed by atoms with Crippen molar-refractivity contribution in [3.8, 4) is 22.5 Å². The molecule has 0 amide bonds. The largest absolute Gasteiger partial charge is 0.462 e. The molecule has 0 saturated carbocycles. The molecule has 0 spiro atoms. The molecule has 0 radical (unpaired) electrons. The Kier molecular flexibility index (Phi) is 4.71. The summed E-state index contributed by atoms with van der Waals surface area (Å²) >= 11 is 0. The van der Waals surface area contributed by atoms with Gasteiger partial charge in [-0.05, 0) is 24.6 Å². The minimum atomic E-state index is -0.364. The molecule has 1 aromatic heterocycles. The maximum Gasteiger partial charge on any atom is 0.360 e. The predicted octanol–water partition coefficient (Wildman–Crippen LogP) is 5.38. The van der Waals surface area contributed by atoms with Crippen molar-refractivity contribution in [2.45, 2.75) is 13.8 Å². The van der Waals surface area contributed by atoms with Gasteiger partial charge >= 0.3 is 17.5 Å². The second kappa shape index (κ2) is 7.09. The predicted molar refractivity (Wildman–Crippen MR) is 94.7 cm³/mol. The maximum absolute atomic E-state index is 12.4. The number of hydrogen-bond donors (Lipinski definition) is 0. The highest BCUT2D eigenvalue weighted by molar-refractivity contribution is 5.98. The molecule has 0 aliphatic heterocycles. The van der Waals surface area contributed by atoms with Crippen LogP contribution in [0.4, 0.5) is 0 Å². The summed E-state index contributed by atoms with van der Waals surface area (Å²) in [5.41, 5.74) is 3.21. The van der Waals surface area contributed by atoms with E-state index in [0.29, 0.717) is 17.9 Å². The average molecular weight is 319 g/mol. The molecule has 2 aromatic carbocycles. The molecule has 0 fully saturated rings. The molecule has 1 heterocycles. The van der Waals surface area contributed by atoms with Crippen molar-refractivity contribution in [2.24, 2.45) is 0 Å². The molecular weight excluding hydrogens is 300 g/mol. The van der Waals surface area contributed by atoms with Gasteiger partial charge in [0, 0.05) is 5.56 Å². The Bertz CT molecular complexity index is 840. The number of esters is 1. The number of carbonyl (C=O) groups excluding carboxylic acids is 1. The Morgan fingerprint density at radius 1 is 0.958 bits per heavy atom. The lowest BCUT2D eigenvalue weighted by Crippen LogP contribution is -2.09. The lowest BCUT2D eigenvalue weighted by atomic mass is 9.98. The van der Waals surface area contributed by atoms with Gasteiger partial charge in [-0.2, -0.15) is 0 Å². The zero-order valence-electron chi connectivity index (χ0n) is 13.8. The molecule has 24 heavy (non-hydrogen) atoms. The normalized spacial score (nSPS) is 10.4. The highest BCUT2D eigenvalue weighted by Gasteiger charge is 2.28. The van der Waals surface area contributed by atoms with Crippen LogP contribution in [0.15, 0.2) is 71.1 Å². The molecule has 3 aromatic rings. The van der Waals surface area contributed by atoms with Gasteiger partial charge in [0.25, 0.3) is 0 Å². The molecule has 3 rings (SSSR count). The zero-order chi connectivity index (χ0) is 16.9. The van der Waals surface area contributed by atoms with Crippen molar-refractivity contribution in [1.82, 2.24) is 0 Å². The first-order valence-electron chi connectivity index (χ1n) is 7.96. The molecule has 3 heteroatoms. The Labute approximate surface area is 141 Å². The van der Waals surface area contributed by atoms with Crippen LogP contribution in [0.25, 0.3) is 22.5 Å². The quantitative estimate of drug-likeness (QED) is 0.478. The summed E-state index contributed by atoms with van der Waals surface area (Å²) < 4.78 is 11.1. The fourth-order valence-corrected chi connectivity index (χ4v) is 2.69. The summed E-state index contributed by atoms with van der Waals surface area (Å²) in [5, 5.41) is 0. The van der Waals surface area contributed by atoms with E-state index in [1.54, 1.807) is 13.8 Å². The van der Waals surface area contributed by atoms with E-state index in [1.165, 1.54) is 0 Å². The summed E-state index contributed by atoms with van der Waals surface area (Å²) in [6, 6.07) is 21.6. The SMILES string of the molecule is CCOC(=O)c1c(-c2ccccc2)cc(-c2ccccc2)[o+]c1C. The third kappa shape index (κ3) is 3.20. The Morgan fingerprint density at radius 2 is 1.54 bits per heavy atom. The van der Waals surface area contributed by atoms with Crippen LogP contribution in [-0.4, -0.2) is 12.6 Å². The number of aryl methyl sites for hydroxylation is 1. The first kappa shape index (κ1) is 15.9. The smallest absolute Gasteiger partial charge is 0.360 e. The molecule has 0 unspecified atom stereocenters.